The number of ether oxygens (including phenoxy) is 1. The molecule has 1 fully saturated rings. The van der Waals surface area contributed by atoms with Gasteiger partial charge in [0.15, 0.2) is 0 Å². The van der Waals surface area contributed by atoms with Crippen LogP contribution in [0.5, 0.6) is 5.75 Å². The lowest BCUT2D eigenvalue weighted by Crippen LogP contribution is -2.25. The molecule has 3 rings (SSSR count). The summed E-state index contributed by atoms with van der Waals surface area (Å²) in [5, 5.41) is 9.00. The summed E-state index contributed by atoms with van der Waals surface area (Å²) in [5.74, 6) is 0.210. The summed E-state index contributed by atoms with van der Waals surface area (Å²) < 4.78 is 6.11. The fraction of sp³-hybridized carbons (Fsp3) is 0.480. The monoisotopic (exact) mass is 410 g/mol. The molecule has 30 heavy (non-hydrogen) atoms. The van der Waals surface area contributed by atoms with E-state index >= 15 is 0 Å². The number of carbonyl (C=O) groups is 1. The smallest absolute Gasteiger partial charge is 0.303 e. The van der Waals surface area contributed by atoms with Crippen molar-refractivity contribution in [1.29, 1.82) is 0 Å². The van der Waals surface area contributed by atoms with E-state index in [0.29, 0.717) is 13.0 Å². The standard InChI is InChI=1S/C25H34N2O3/c26-12-11-22-18-20(17-21(19-22)8-10-25(28)29)7-9-23-5-1-2-6-24(23)30-16-15-27-13-3-4-14-27/h1-2,5-6,17-19H,3-4,7-16,26H2,(H,28,29). The molecule has 5 heteroatoms. The van der Waals surface area contributed by atoms with Gasteiger partial charge in [0.25, 0.3) is 0 Å². The van der Waals surface area contributed by atoms with Crippen LogP contribution in [0.4, 0.5) is 0 Å². The third kappa shape index (κ3) is 7.15. The Morgan fingerprint density at radius 1 is 0.967 bits per heavy atom. The first kappa shape index (κ1) is 22.3. The maximum atomic E-state index is 10.9. The number of aryl methyl sites for hydroxylation is 3. The fourth-order valence-corrected chi connectivity index (χ4v) is 4.11. The van der Waals surface area contributed by atoms with Crippen molar-refractivity contribution in [1.82, 2.24) is 4.90 Å². The van der Waals surface area contributed by atoms with Crippen molar-refractivity contribution in [3.05, 3.63) is 64.7 Å². The number of aliphatic carboxylic acids is 1. The predicted octanol–water partition coefficient (Wildman–Crippen LogP) is 3.46. The fourth-order valence-electron chi connectivity index (χ4n) is 4.11. The molecular formula is C25H34N2O3. The molecule has 1 aliphatic rings. The summed E-state index contributed by atoms with van der Waals surface area (Å²) in [5.41, 5.74) is 10.5. The lowest BCUT2D eigenvalue weighted by molar-refractivity contribution is -0.136. The third-order valence-corrected chi connectivity index (χ3v) is 5.69. The Kier molecular flexibility index (Phi) is 8.72. The number of likely N-dealkylation sites (tertiary alicyclic amines) is 1. The van der Waals surface area contributed by atoms with Crippen molar-refractivity contribution < 1.29 is 14.6 Å². The summed E-state index contributed by atoms with van der Waals surface area (Å²) in [6.45, 7) is 4.68. The first-order chi connectivity index (χ1) is 14.6. The van der Waals surface area contributed by atoms with Gasteiger partial charge in [-0.15, -0.1) is 0 Å². The normalized spacial score (nSPS) is 14.2. The van der Waals surface area contributed by atoms with Crippen LogP contribution in [0.1, 0.15) is 41.5 Å². The molecule has 0 bridgehead atoms. The van der Waals surface area contributed by atoms with Gasteiger partial charge in [-0.05, 0) is 86.5 Å². The van der Waals surface area contributed by atoms with Crippen LogP contribution in [0.15, 0.2) is 42.5 Å². The van der Waals surface area contributed by atoms with Gasteiger partial charge in [-0.1, -0.05) is 36.4 Å². The maximum absolute atomic E-state index is 10.9. The van der Waals surface area contributed by atoms with Gasteiger partial charge >= 0.3 is 5.97 Å². The van der Waals surface area contributed by atoms with E-state index in [1.54, 1.807) is 0 Å². The number of rotatable bonds is 12. The summed E-state index contributed by atoms with van der Waals surface area (Å²) in [7, 11) is 0. The number of carboxylic acids is 1. The van der Waals surface area contributed by atoms with E-state index in [1.807, 2.05) is 6.07 Å². The molecule has 162 valence electrons. The number of nitrogens with zero attached hydrogens (tertiary/aromatic N) is 1. The van der Waals surface area contributed by atoms with Crippen molar-refractivity contribution in [3.63, 3.8) is 0 Å². The quantitative estimate of drug-likeness (QED) is 0.560. The van der Waals surface area contributed by atoms with Crippen molar-refractivity contribution in [2.45, 2.75) is 44.9 Å². The Morgan fingerprint density at radius 3 is 2.33 bits per heavy atom. The Morgan fingerprint density at radius 2 is 1.63 bits per heavy atom. The van der Waals surface area contributed by atoms with E-state index in [0.717, 1.165) is 43.7 Å². The Labute approximate surface area is 179 Å². The highest BCUT2D eigenvalue weighted by Crippen LogP contribution is 2.22. The van der Waals surface area contributed by atoms with E-state index in [1.165, 1.54) is 42.6 Å². The van der Waals surface area contributed by atoms with Crippen LogP contribution in [0.2, 0.25) is 0 Å². The molecule has 1 aliphatic heterocycles. The highest BCUT2D eigenvalue weighted by atomic mass is 16.5. The van der Waals surface area contributed by atoms with Gasteiger partial charge < -0.3 is 15.6 Å². The molecule has 1 heterocycles. The van der Waals surface area contributed by atoms with Crippen molar-refractivity contribution in [2.75, 3.05) is 32.8 Å². The van der Waals surface area contributed by atoms with Gasteiger partial charge in [0.05, 0.1) is 0 Å². The van der Waals surface area contributed by atoms with Gasteiger partial charge in [-0.2, -0.15) is 0 Å². The minimum Gasteiger partial charge on any atom is -0.492 e. The number of para-hydroxylation sites is 1. The average molecular weight is 411 g/mol. The maximum Gasteiger partial charge on any atom is 0.303 e. The first-order valence-corrected chi connectivity index (χ1v) is 11.1. The number of benzene rings is 2. The van der Waals surface area contributed by atoms with Crippen LogP contribution in [-0.2, 0) is 30.5 Å². The van der Waals surface area contributed by atoms with Crippen LogP contribution in [0.3, 0.4) is 0 Å². The predicted molar refractivity (Wildman–Crippen MR) is 120 cm³/mol. The van der Waals surface area contributed by atoms with Crippen molar-refractivity contribution in [2.24, 2.45) is 5.73 Å². The zero-order valence-corrected chi connectivity index (χ0v) is 17.8. The molecular weight excluding hydrogens is 376 g/mol. The molecule has 5 nitrogen and oxygen atoms in total. The van der Waals surface area contributed by atoms with Crippen LogP contribution in [0.25, 0.3) is 0 Å². The van der Waals surface area contributed by atoms with Crippen LogP contribution < -0.4 is 10.5 Å². The highest BCUT2D eigenvalue weighted by Gasteiger charge is 2.12. The SMILES string of the molecule is NCCc1cc(CCC(=O)O)cc(CCc2ccccc2OCCN2CCCC2)c1. The van der Waals surface area contributed by atoms with E-state index in [-0.39, 0.29) is 6.42 Å². The summed E-state index contributed by atoms with van der Waals surface area (Å²) in [6, 6.07) is 14.7. The molecule has 1 saturated heterocycles. The first-order valence-electron chi connectivity index (χ1n) is 11.1. The second kappa shape index (κ2) is 11.7. The average Bonchev–Trinajstić information content (AvgIpc) is 3.25. The Hall–Kier alpha value is -2.37. The molecule has 0 amide bonds. The number of nitrogens with two attached hydrogens (primary N) is 1. The van der Waals surface area contributed by atoms with Crippen molar-refractivity contribution in [3.8, 4) is 5.75 Å². The largest absolute Gasteiger partial charge is 0.492 e. The summed E-state index contributed by atoms with van der Waals surface area (Å²) >= 11 is 0. The summed E-state index contributed by atoms with van der Waals surface area (Å²) in [4.78, 5) is 13.4. The summed E-state index contributed by atoms with van der Waals surface area (Å²) in [6.07, 6.45) is 5.90. The molecule has 0 aromatic heterocycles. The van der Waals surface area contributed by atoms with Crippen molar-refractivity contribution >= 4 is 5.97 Å². The Bertz CT molecular complexity index is 816. The molecule has 0 saturated carbocycles. The third-order valence-electron chi connectivity index (χ3n) is 5.69. The zero-order valence-electron chi connectivity index (χ0n) is 17.8. The molecule has 3 N–H and O–H groups in total. The van der Waals surface area contributed by atoms with E-state index in [2.05, 4.69) is 41.3 Å². The van der Waals surface area contributed by atoms with Gasteiger partial charge in [0.2, 0.25) is 0 Å². The van der Waals surface area contributed by atoms with Crippen LogP contribution >= 0.6 is 0 Å². The molecule has 2 aromatic carbocycles. The van der Waals surface area contributed by atoms with Crippen LogP contribution in [-0.4, -0.2) is 48.8 Å². The second-order valence-electron chi connectivity index (χ2n) is 8.10. The second-order valence-corrected chi connectivity index (χ2v) is 8.10. The number of hydrogen-bond acceptors (Lipinski definition) is 4. The molecule has 0 aliphatic carbocycles. The van der Waals surface area contributed by atoms with Gasteiger partial charge in [0.1, 0.15) is 12.4 Å². The minimum absolute atomic E-state index is 0.152. The zero-order chi connectivity index (χ0) is 21.2. The van der Waals surface area contributed by atoms with Gasteiger partial charge in [-0.25, -0.2) is 0 Å². The minimum atomic E-state index is -0.763. The lowest BCUT2D eigenvalue weighted by Gasteiger charge is -2.17. The lowest BCUT2D eigenvalue weighted by atomic mass is 9.96. The topological polar surface area (TPSA) is 75.8 Å². The number of carboxylic acid groups (broad SMARTS) is 1. The molecule has 0 atom stereocenters. The van der Waals surface area contributed by atoms with E-state index in [4.69, 9.17) is 15.6 Å². The highest BCUT2D eigenvalue weighted by molar-refractivity contribution is 5.67. The number of hydrogen-bond donors (Lipinski definition) is 2. The molecule has 0 radical (unpaired) electrons. The van der Waals surface area contributed by atoms with Gasteiger partial charge in [0, 0.05) is 13.0 Å². The van der Waals surface area contributed by atoms with E-state index in [9.17, 15) is 4.79 Å². The molecule has 0 spiro atoms. The van der Waals surface area contributed by atoms with E-state index < -0.39 is 5.97 Å². The molecule has 2 aromatic rings. The molecule has 0 unspecified atom stereocenters. The van der Waals surface area contributed by atoms with Crippen LogP contribution in [0, 0.1) is 0 Å². The van der Waals surface area contributed by atoms with Gasteiger partial charge in [-0.3, -0.25) is 9.69 Å². The Balaban J connectivity index is 1.61.